The molecule has 3 nitrogen and oxygen atoms in total. The van der Waals surface area contributed by atoms with Crippen molar-refractivity contribution in [3.05, 3.63) is 18.0 Å². The Morgan fingerprint density at radius 2 is 2.43 bits per heavy atom. The van der Waals surface area contributed by atoms with Crippen LogP contribution in [0.4, 0.5) is 0 Å². The number of nitrogens with two attached hydrogens (primary N) is 1. The summed E-state index contributed by atoms with van der Waals surface area (Å²) in [6.45, 7) is 0. The smallest absolute Gasteiger partial charge is 0.0639 e. The van der Waals surface area contributed by atoms with Gasteiger partial charge in [0.25, 0.3) is 0 Å². The van der Waals surface area contributed by atoms with Gasteiger partial charge in [-0.05, 0) is 18.4 Å². The molecule has 1 aromatic rings. The Kier molecular flexibility index (Phi) is 2.87. The monoisotopic (exact) mass is 193 g/mol. The summed E-state index contributed by atoms with van der Waals surface area (Å²) in [6, 6.07) is 2.36. The second kappa shape index (κ2) is 4.13. The van der Waals surface area contributed by atoms with Gasteiger partial charge in [-0.3, -0.25) is 4.68 Å². The number of hydrogen-bond donors (Lipinski definition) is 1. The molecule has 1 heterocycles. The Balaban J connectivity index is 1.78. The molecule has 1 fully saturated rings. The van der Waals surface area contributed by atoms with Crippen molar-refractivity contribution in [2.75, 3.05) is 0 Å². The molecule has 0 saturated heterocycles. The summed E-state index contributed by atoms with van der Waals surface area (Å²) < 4.78 is 1.84. The SMILES string of the molecule is Cn1ccc(CC(N)CC2CCC2)n1. The molecule has 2 N–H and O–H groups in total. The fourth-order valence-electron chi connectivity index (χ4n) is 2.08. The number of aromatic nitrogens is 2. The molecule has 1 unspecified atom stereocenters. The standard InChI is InChI=1S/C11H19N3/c1-14-6-5-11(13-14)8-10(12)7-9-3-2-4-9/h5-6,9-10H,2-4,7-8,12H2,1H3. The van der Waals surface area contributed by atoms with Crippen LogP contribution in [0.5, 0.6) is 0 Å². The Bertz CT molecular complexity index is 288. The molecule has 1 atom stereocenters. The third-order valence-corrected chi connectivity index (χ3v) is 3.10. The summed E-state index contributed by atoms with van der Waals surface area (Å²) in [7, 11) is 1.95. The molecule has 1 aliphatic carbocycles. The first kappa shape index (κ1) is 9.71. The third-order valence-electron chi connectivity index (χ3n) is 3.10. The Morgan fingerprint density at radius 3 is 2.93 bits per heavy atom. The minimum absolute atomic E-state index is 0.301. The summed E-state index contributed by atoms with van der Waals surface area (Å²) in [5.41, 5.74) is 7.20. The fourth-order valence-corrected chi connectivity index (χ4v) is 2.08. The molecule has 0 bridgehead atoms. The van der Waals surface area contributed by atoms with Gasteiger partial charge >= 0.3 is 0 Å². The van der Waals surface area contributed by atoms with Crippen LogP contribution in [0.15, 0.2) is 12.3 Å². The van der Waals surface area contributed by atoms with Crippen molar-refractivity contribution in [3.63, 3.8) is 0 Å². The highest BCUT2D eigenvalue weighted by Crippen LogP contribution is 2.30. The van der Waals surface area contributed by atoms with Crippen molar-refractivity contribution < 1.29 is 0 Å². The molecule has 2 rings (SSSR count). The molecule has 0 aliphatic heterocycles. The van der Waals surface area contributed by atoms with E-state index in [2.05, 4.69) is 11.2 Å². The average molecular weight is 193 g/mol. The maximum atomic E-state index is 6.08. The van der Waals surface area contributed by atoms with Crippen LogP contribution in [0.3, 0.4) is 0 Å². The lowest BCUT2D eigenvalue weighted by Crippen LogP contribution is -2.28. The van der Waals surface area contributed by atoms with Crippen LogP contribution in [0, 0.1) is 5.92 Å². The van der Waals surface area contributed by atoms with Crippen molar-refractivity contribution in [3.8, 4) is 0 Å². The van der Waals surface area contributed by atoms with Crippen LogP contribution in [-0.2, 0) is 13.5 Å². The number of nitrogens with zero attached hydrogens (tertiary/aromatic N) is 2. The summed E-state index contributed by atoms with van der Waals surface area (Å²) >= 11 is 0. The zero-order chi connectivity index (χ0) is 9.97. The summed E-state index contributed by atoms with van der Waals surface area (Å²) in [6.07, 6.45) is 8.26. The Hall–Kier alpha value is -0.830. The van der Waals surface area contributed by atoms with Gasteiger partial charge in [-0.15, -0.1) is 0 Å². The van der Waals surface area contributed by atoms with Gasteiger partial charge in [-0.25, -0.2) is 0 Å². The topological polar surface area (TPSA) is 43.8 Å². The Morgan fingerprint density at radius 1 is 1.64 bits per heavy atom. The second-order valence-electron chi connectivity index (χ2n) is 4.48. The molecular formula is C11H19N3. The van der Waals surface area contributed by atoms with Crippen LogP contribution in [0.25, 0.3) is 0 Å². The quantitative estimate of drug-likeness (QED) is 0.787. The van der Waals surface area contributed by atoms with E-state index in [1.54, 1.807) is 0 Å². The zero-order valence-corrected chi connectivity index (χ0v) is 8.82. The van der Waals surface area contributed by atoms with Crippen molar-refractivity contribution >= 4 is 0 Å². The van der Waals surface area contributed by atoms with E-state index < -0.39 is 0 Å². The largest absolute Gasteiger partial charge is 0.327 e. The molecule has 3 heteroatoms. The minimum atomic E-state index is 0.301. The van der Waals surface area contributed by atoms with Crippen molar-refractivity contribution in [1.82, 2.24) is 9.78 Å². The van der Waals surface area contributed by atoms with Gasteiger partial charge in [-0.2, -0.15) is 5.10 Å². The summed E-state index contributed by atoms with van der Waals surface area (Å²) in [5, 5.41) is 4.34. The summed E-state index contributed by atoms with van der Waals surface area (Å²) in [5.74, 6) is 0.897. The number of rotatable bonds is 4. The first-order valence-electron chi connectivity index (χ1n) is 5.48. The maximum Gasteiger partial charge on any atom is 0.0639 e. The highest BCUT2D eigenvalue weighted by atomic mass is 15.2. The van der Waals surface area contributed by atoms with Crippen LogP contribution in [-0.4, -0.2) is 15.8 Å². The Labute approximate surface area is 85.3 Å². The van der Waals surface area contributed by atoms with Gasteiger partial charge in [-0.1, -0.05) is 19.3 Å². The summed E-state index contributed by atoms with van der Waals surface area (Å²) in [4.78, 5) is 0. The predicted molar refractivity (Wildman–Crippen MR) is 56.8 cm³/mol. The van der Waals surface area contributed by atoms with E-state index in [1.807, 2.05) is 17.9 Å². The van der Waals surface area contributed by atoms with Gasteiger partial charge < -0.3 is 5.73 Å². The first-order chi connectivity index (χ1) is 6.74. The van der Waals surface area contributed by atoms with Crippen LogP contribution < -0.4 is 5.73 Å². The molecule has 0 spiro atoms. The van der Waals surface area contributed by atoms with Crippen molar-refractivity contribution in [2.45, 2.75) is 38.1 Å². The normalized spacial score (nSPS) is 19.3. The molecule has 14 heavy (non-hydrogen) atoms. The highest BCUT2D eigenvalue weighted by Gasteiger charge is 2.20. The molecule has 0 amide bonds. The van der Waals surface area contributed by atoms with Gasteiger partial charge in [0.15, 0.2) is 0 Å². The first-order valence-corrected chi connectivity index (χ1v) is 5.48. The third kappa shape index (κ3) is 2.35. The molecule has 1 saturated carbocycles. The highest BCUT2D eigenvalue weighted by molar-refractivity contribution is 5.01. The molecule has 0 radical (unpaired) electrons. The van der Waals surface area contributed by atoms with Gasteiger partial charge in [0, 0.05) is 25.7 Å². The van der Waals surface area contributed by atoms with Gasteiger partial charge in [0.05, 0.1) is 5.69 Å². The van der Waals surface area contributed by atoms with Crippen molar-refractivity contribution in [1.29, 1.82) is 0 Å². The maximum absolute atomic E-state index is 6.08. The molecule has 1 aliphatic rings. The lowest BCUT2D eigenvalue weighted by Gasteiger charge is -2.27. The van der Waals surface area contributed by atoms with Crippen LogP contribution >= 0.6 is 0 Å². The number of aryl methyl sites for hydroxylation is 1. The predicted octanol–water partition coefficient (Wildman–Crippen LogP) is 1.48. The van der Waals surface area contributed by atoms with Crippen LogP contribution in [0.1, 0.15) is 31.4 Å². The average Bonchev–Trinajstić information content (AvgIpc) is 2.44. The van der Waals surface area contributed by atoms with E-state index in [9.17, 15) is 0 Å². The number of hydrogen-bond acceptors (Lipinski definition) is 2. The van der Waals surface area contributed by atoms with Crippen molar-refractivity contribution in [2.24, 2.45) is 18.7 Å². The molecule has 1 aromatic heterocycles. The van der Waals surface area contributed by atoms with E-state index >= 15 is 0 Å². The van der Waals surface area contributed by atoms with E-state index in [0.717, 1.165) is 18.0 Å². The van der Waals surface area contributed by atoms with Crippen LogP contribution in [0.2, 0.25) is 0 Å². The molecular weight excluding hydrogens is 174 g/mol. The van der Waals surface area contributed by atoms with E-state index in [1.165, 1.54) is 25.7 Å². The lowest BCUT2D eigenvalue weighted by atomic mass is 9.80. The zero-order valence-electron chi connectivity index (χ0n) is 8.82. The van der Waals surface area contributed by atoms with Gasteiger partial charge in [0.2, 0.25) is 0 Å². The second-order valence-corrected chi connectivity index (χ2v) is 4.48. The van der Waals surface area contributed by atoms with Gasteiger partial charge in [0.1, 0.15) is 0 Å². The molecule has 78 valence electrons. The minimum Gasteiger partial charge on any atom is -0.327 e. The van der Waals surface area contributed by atoms with E-state index in [0.29, 0.717) is 6.04 Å². The van der Waals surface area contributed by atoms with E-state index in [4.69, 9.17) is 5.73 Å². The van der Waals surface area contributed by atoms with E-state index in [-0.39, 0.29) is 0 Å². The fraction of sp³-hybridized carbons (Fsp3) is 0.727. The molecule has 0 aromatic carbocycles. The lowest BCUT2D eigenvalue weighted by molar-refractivity contribution is 0.275.